The summed E-state index contributed by atoms with van der Waals surface area (Å²) in [5, 5.41) is 11.8. The second-order valence-electron chi connectivity index (χ2n) is 6.36. The second-order valence-corrected chi connectivity index (χ2v) is 7.22. The largest absolute Gasteiger partial charge is 0.470 e. The van der Waals surface area contributed by atoms with Gasteiger partial charge in [0.1, 0.15) is 22.9 Å². The highest BCUT2D eigenvalue weighted by atomic mass is 32.1. The predicted octanol–water partition coefficient (Wildman–Crippen LogP) is 3.16. The highest BCUT2D eigenvalue weighted by Crippen LogP contribution is 2.25. The maximum Gasteiger partial charge on any atom is 0.273 e. The van der Waals surface area contributed by atoms with Crippen molar-refractivity contribution in [1.82, 2.24) is 19.9 Å². The zero-order chi connectivity index (χ0) is 19.3. The van der Waals surface area contributed by atoms with Gasteiger partial charge in [-0.25, -0.2) is 15.0 Å². The fourth-order valence-electron chi connectivity index (χ4n) is 3.11. The van der Waals surface area contributed by atoms with Gasteiger partial charge in [0, 0.05) is 29.9 Å². The molecule has 1 amide bonds. The van der Waals surface area contributed by atoms with E-state index in [1.54, 1.807) is 10.3 Å². The summed E-state index contributed by atoms with van der Waals surface area (Å²) in [7, 11) is 0. The van der Waals surface area contributed by atoms with E-state index in [1.165, 1.54) is 23.7 Å². The highest BCUT2D eigenvalue weighted by molar-refractivity contribution is 7.13. The van der Waals surface area contributed by atoms with Gasteiger partial charge < -0.3 is 9.64 Å². The molecule has 7 nitrogen and oxygen atoms in total. The van der Waals surface area contributed by atoms with E-state index in [0.29, 0.717) is 18.8 Å². The number of nitriles is 1. The predicted molar refractivity (Wildman–Crippen MR) is 104 cm³/mol. The van der Waals surface area contributed by atoms with E-state index < -0.39 is 0 Å². The Morgan fingerprint density at radius 2 is 2.07 bits per heavy atom. The lowest BCUT2D eigenvalue weighted by Crippen LogP contribution is -2.44. The summed E-state index contributed by atoms with van der Waals surface area (Å²) < 4.78 is 5.86. The lowest BCUT2D eigenvalue weighted by Gasteiger charge is -2.32. The fraction of sp³-hybridized carbons (Fsp3) is 0.250. The first kappa shape index (κ1) is 18.1. The van der Waals surface area contributed by atoms with Crippen molar-refractivity contribution in [3.63, 3.8) is 0 Å². The van der Waals surface area contributed by atoms with Gasteiger partial charge >= 0.3 is 0 Å². The lowest BCUT2D eigenvalue weighted by atomic mass is 10.1. The minimum atomic E-state index is -0.228. The van der Waals surface area contributed by atoms with Gasteiger partial charge in [0.2, 0.25) is 5.69 Å². The van der Waals surface area contributed by atoms with Crippen molar-refractivity contribution in [2.24, 2.45) is 0 Å². The van der Waals surface area contributed by atoms with Gasteiger partial charge in [-0.15, -0.1) is 11.3 Å². The number of piperidine rings is 1. The average molecular weight is 391 g/mol. The molecule has 1 aliphatic heterocycles. The molecule has 4 rings (SSSR count). The van der Waals surface area contributed by atoms with Crippen LogP contribution in [0.4, 0.5) is 0 Å². The normalized spacial score (nSPS) is 16.4. The number of rotatable bonds is 4. The highest BCUT2D eigenvalue weighted by Gasteiger charge is 2.28. The Labute approximate surface area is 166 Å². The van der Waals surface area contributed by atoms with Crippen LogP contribution in [0.2, 0.25) is 0 Å². The van der Waals surface area contributed by atoms with Gasteiger partial charge in [-0.05, 0) is 12.8 Å². The van der Waals surface area contributed by atoms with Crippen LogP contribution in [-0.2, 0) is 0 Å². The fourth-order valence-corrected chi connectivity index (χ4v) is 3.91. The Hall–Kier alpha value is -3.31. The van der Waals surface area contributed by atoms with Crippen LogP contribution in [0, 0.1) is 11.3 Å². The Morgan fingerprint density at radius 3 is 2.89 bits per heavy atom. The summed E-state index contributed by atoms with van der Waals surface area (Å²) >= 11 is 1.46. The lowest BCUT2D eigenvalue weighted by molar-refractivity contribution is 0.0522. The molecule has 0 aliphatic carbocycles. The molecule has 8 heteroatoms. The third kappa shape index (κ3) is 3.85. The van der Waals surface area contributed by atoms with E-state index in [-0.39, 0.29) is 23.6 Å². The van der Waals surface area contributed by atoms with Crippen molar-refractivity contribution < 1.29 is 9.53 Å². The molecule has 1 aliphatic rings. The number of benzene rings is 1. The second kappa shape index (κ2) is 8.15. The maximum absolute atomic E-state index is 12.9. The van der Waals surface area contributed by atoms with Gasteiger partial charge in [-0.3, -0.25) is 4.79 Å². The number of hydrogen-bond acceptors (Lipinski definition) is 7. The number of thiazole rings is 1. The molecule has 0 N–H and O–H groups in total. The standard InChI is InChI=1S/C20H17N5O2S/c21-11-16-18(23-9-8-22-16)27-15-7-4-10-25(12-15)20(26)17-13-28-19(24-17)14-5-2-1-3-6-14/h1-3,5-6,8-9,13,15H,4,7,10,12H2. The summed E-state index contributed by atoms with van der Waals surface area (Å²) in [5.41, 5.74) is 1.60. The van der Waals surface area contributed by atoms with Gasteiger partial charge in [0.25, 0.3) is 11.8 Å². The van der Waals surface area contributed by atoms with Gasteiger partial charge in [-0.2, -0.15) is 5.26 Å². The molecule has 0 bridgehead atoms. The van der Waals surface area contributed by atoms with Gasteiger partial charge in [0.15, 0.2) is 0 Å². The first-order valence-electron chi connectivity index (χ1n) is 8.92. The summed E-state index contributed by atoms with van der Waals surface area (Å²) in [6.45, 7) is 1.08. The number of likely N-dealkylation sites (tertiary alicyclic amines) is 1. The first-order valence-corrected chi connectivity index (χ1v) is 9.80. The van der Waals surface area contributed by atoms with Crippen LogP contribution in [0.5, 0.6) is 5.88 Å². The molecule has 3 heterocycles. The first-order chi connectivity index (χ1) is 13.7. The molecule has 1 saturated heterocycles. The molecule has 1 atom stereocenters. The van der Waals surface area contributed by atoms with E-state index in [2.05, 4.69) is 15.0 Å². The molecule has 1 fully saturated rings. The average Bonchev–Trinajstić information content (AvgIpc) is 3.25. The van der Waals surface area contributed by atoms with E-state index in [0.717, 1.165) is 23.4 Å². The number of aromatic nitrogens is 3. The quantitative estimate of drug-likeness (QED) is 0.678. The third-order valence-electron chi connectivity index (χ3n) is 4.46. The maximum atomic E-state index is 12.9. The van der Waals surface area contributed by atoms with Crippen LogP contribution < -0.4 is 4.74 Å². The molecular weight excluding hydrogens is 374 g/mol. The van der Waals surface area contributed by atoms with Gasteiger partial charge in [0.05, 0.1) is 6.54 Å². The van der Waals surface area contributed by atoms with Crippen molar-refractivity contribution in [2.75, 3.05) is 13.1 Å². The SMILES string of the molecule is N#Cc1nccnc1OC1CCCN(C(=O)c2csc(-c3ccccc3)n2)C1. The minimum absolute atomic E-state index is 0.105. The summed E-state index contributed by atoms with van der Waals surface area (Å²) in [4.78, 5) is 27.2. The monoisotopic (exact) mass is 391 g/mol. The molecular formula is C20H17N5O2S. The molecule has 3 aromatic rings. The molecule has 1 aromatic carbocycles. The smallest absolute Gasteiger partial charge is 0.273 e. The van der Waals surface area contributed by atoms with Crippen LogP contribution in [0.15, 0.2) is 48.1 Å². The van der Waals surface area contributed by atoms with Crippen molar-refractivity contribution in [1.29, 1.82) is 5.26 Å². The molecule has 28 heavy (non-hydrogen) atoms. The molecule has 140 valence electrons. The Morgan fingerprint density at radius 1 is 1.25 bits per heavy atom. The van der Waals surface area contributed by atoms with Crippen LogP contribution in [0.1, 0.15) is 29.0 Å². The molecule has 0 saturated carbocycles. The van der Waals surface area contributed by atoms with E-state index in [1.807, 2.05) is 36.4 Å². The summed E-state index contributed by atoms with van der Waals surface area (Å²) in [6, 6.07) is 11.8. The van der Waals surface area contributed by atoms with E-state index >= 15 is 0 Å². The van der Waals surface area contributed by atoms with Crippen molar-refractivity contribution in [2.45, 2.75) is 18.9 Å². The number of hydrogen-bond donors (Lipinski definition) is 0. The molecule has 0 radical (unpaired) electrons. The van der Waals surface area contributed by atoms with Crippen molar-refractivity contribution in [3.05, 3.63) is 59.5 Å². The van der Waals surface area contributed by atoms with Crippen LogP contribution >= 0.6 is 11.3 Å². The summed E-state index contributed by atoms with van der Waals surface area (Å²) in [5.74, 6) is 0.107. The molecule has 0 spiro atoms. The van der Waals surface area contributed by atoms with E-state index in [9.17, 15) is 4.79 Å². The van der Waals surface area contributed by atoms with Crippen LogP contribution in [0.3, 0.4) is 0 Å². The summed E-state index contributed by atoms with van der Waals surface area (Å²) in [6.07, 6.45) is 4.32. The molecule has 1 unspecified atom stereocenters. The van der Waals surface area contributed by atoms with Crippen molar-refractivity contribution >= 4 is 17.2 Å². The van der Waals surface area contributed by atoms with E-state index in [4.69, 9.17) is 10.00 Å². The Bertz CT molecular complexity index is 1010. The Kier molecular flexibility index (Phi) is 5.26. The van der Waals surface area contributed by atoms with Crippen molar-refractivity contribution in [3.8, 4) is 22.5 Å². The zero-order valence-electron chi connectivity index (χ0n) is 15.0. The van der Waals surface area contributed by atoms with Crippen LogP contribution in [-0.4, -0.2) is 45.0 Å². The number of carbonyl (C=O) groups is 1. The third-order valence-corrected chi connectivity index (χ3v) is 5.35. The Balaban J connectivity index is 1.45. The minimum Gasteiger partial charge on any atom is -0.470 e. The topological polar surface area (TPSA) is 92.0 Å². The molecule has 2 aromatic heterocycles. The number of nitrogens with zero attached hydrogens (tertiary/aromatic N) is 5. The number of carbonyl (C=O) groups excluding carboxylic acids is 1. The number of ether oxygens (including phenoxy) is 1. The zero-order valence-corrected chi connectivity index (χ0v) is 15.8. The number of amides is 1. The van der Waals surface area contributed by atoms with Gasteiger partial charge in [-0.1, -0.05) is 30.3 Å². The van der Waals surface area contributed by atoms with Crippen LogP contribution in [0.25, 0.3) is 10.6 Å².